The minimum Gasteiger partial charge on any atom is -0.352 e. The van der Waals surface area contributed by atoms with Crippen LogP contribution in [0.1, 0.15) is 44.0 Å². The highest BCUT2D eigenvalue weighted by molar-refractivity contribution is 6.41. The van der Waals surface area contributed by atoms with E-state index in [-0.39, 0.29) is 11.7 Å². The summed E-state index contributed by atoms with van der Waals surface area (Å²) in [5, 5.41) is 7.95. The van der Waals surface area contributed by atoms with E-state index in [1.165, 1.54) is 0 Å². The Labute approximate surface area is 179 Å². The van der Waals surface area contributed by atoms with Gasteiger partial charge in [0.05, 0.1) is 11.3 Å². The Morgan fingerprint density at radius 1 is 1.00 bits per heavy atom. The van der Waals surface area contributed by atoms with Gasteiger partial charge < -0.3 is 5.32 Å². The zero-order valence-electron chi connectivity index (χ0n) is 16.2. The molecule has 5 nitrogen and oxygen atoms in total. The van der Waals surface area contributed by atoms with Gasteiger partial charge in [-0.15, -0.1) is 0 Å². The first kappa shape index (κ1) is 21.1. The van der Waals surface area contributed by atoms with Crippen molar-refractivity contribution in [1.29, 1.82) is 0 Å². The van der Waals surface area contributed by atoms with Crippen LogP contribution >= 0.6 is 23.2 Å². The van der Waals surface area contributed by atoms with Crippen LogP contribution in [0.3, 0.4) is 0 Å². The largest absolute Gasteiger partial charge is 0.352 e. The standard InChI is InChI=1S/C22H21Cl2N3O2/c1-14-8-10-16(11-9-14)20(28)17-6-3-4-7-18(17)22(29)25-12-5-13-27-21(24)19(23)15(2)26-27/h3-4,6-11H,5,12-13H2,1-2H3,(H,25,29). The molecule has 0 aliphatic carbocycles. The Kier molecular flexibility index (Phi) is 6.72. The molecule has 0 aliphatic heterocycles. The number of halogens is 2. The normalized spacial score (nSPS) is 10.8. The molecule has 3 rings (SSSR count). The molecular formula is C22H21Cl2N3O2. The van der Waals surface area contributed by atoms with Gasteiger partial charge in [0, 0.05) is 24.2 Å². The third-order valence-electron chi connectivity index (χ3n) is 4.56. The lowest BCUT2D eigenvalue weighted by Crippen LogP contribution is -2.27. The lowest BCUT2D eigenvalue weighted by molar-refractivity contribution is 0.0941. The second-order valence-electron chi connectivity index (χ2n) is 6.76. The zero-order valence-corrected chi connectivity index (χ0v) is 17.7. The van der Waals surface area contributed by atoms with E-state index in [0.717, 1.165) is 5.56 Å². The molecule has 1 heterocycles. The maximum absolute atomic E-state index is 12.9. The summed E-state index contributed by atoms with van der Waals surface area (Å²) in [4.78, 5) is 25.5. The average molecular weight is 430 g/mol. The molecule has 1 N–H and O–H groups in total. The molecule has 0 atom stereocenters. The molecule has 0 spiro atoms. The summed E-state index contributed by atoms with van der Waals surface area (Å²) < 4.78 is 1.61. The molecule has 150 valence electrons. The number of aromatic nitrogens is 2. The van der Waals surface area contributed by atoms with Crippen LogP contribution in [0.5, 0.6) is 0 Å². The van der Waals surface area contributed by atoms with Crippen LogP contribution in [0.25, 0.3) is 0 Å². The summed E-state index contributed by atoms with van der Waals surface area (Å²) in [5.74, 6) is -0.467. The number of hydrogen-bond acceptors (Lipinski definition) is 3. The number of amides is 1. The van der Waals surface area contributed by atoms with Gasteiger partial charge in [-0.05, 0) is 26.3 Å². The van der Waals surface area contributed by atoms with Crippen LogP contribution in [-0.4, -0.2) is 28.0 Å². The van der Waals surface area contributed by atoms with Gasteiger partial charge in [0.1, 0.15) is 10.2 Å². The fourth-order valence-corrected chi connectivity index (χ4v) is 3.34. The molecule has 2 aromatic carbocycles. The predicted octanol–water partition coefficient (Wildman–Crippen LogP) is 4.86. The zero-order chi connectivity index (χ0) is 21.0. The molecule has 29 heavy (non-hydrogen) atoms. The Balaban J connectivity index is 1.64. The van der Waals surface area contributed by atoms with Crippen LogP contribution < -0.4 is 5.32 Å². The van der Waals surface area contributed by atoms with Crippen molar-refractivity contribution in [2.45, 2.75) is 26.8 Å². The van der Waals surface area contributed by atoms with Crippen molar-refractivity contribution in [3.63, 3.8) is 0 Å². The van der Waals surface area contributed by atoms with Crippen molar-refractivity contribution in [2.75, 3.05) is 6.54 Å². The molecule has 7 heteroatoms. The third kappa shape index (κ3) is 4.86. The molecule has 0 fully saturated rings. The smallest absolute Gasteiger partial charge is 0.252 e. The van der Waals surface area contributed by atoms with Crippen LogP contribution in [0.4, 0.5) is 0 Å². The number of nitrogens with zero attached hydrogens (tertiary/aromatic N) is 2. The molecule has 0 bridgehead atoms. The van der Waals surface area contributed by atoms with Crippen molar-refractivity contribution in [3.05, 3.63) is 86.7 Å². The Morgan fingerprint density at radius 3 is 2.28 bits per heavy atom. The first-order valence-corrected chi connectivity index (χ1v) is 10.0. The summed E-state index contributed by atoms with van der Waals surface area (Å²) in [6, 6.07) is 14.1. The number of hydrogen-bond donors (Lipinski definition) is 1. The molecule has 0 radical (unpaired) electrons. The highest BCUT2D eigenvalue weighted by Crippen LogP contribution is 2.25. The van der Waals surface area contributed by atoms with E-state index < -0.39 is 0 Å². The Bertz CT molecular complexity index is 1040. The van der Waals surface area contributed by atoms with Gasteiger partial charge in [-0.2, -0.15) is 5.10 Å². The van der Waals surface area contributed by atoms with E-state index in [2.05, 4.69) is 10.4 Å². The van der Waals surface area contributed by atoms with Crippen LogP contribution in [0.2, 0.25) is 10.2 Å². The number of carbonyl (C=O) groups excluding carboxylic acids is 2. The summed E-state index contributed by atoms with van der Waals surface area (Å²) in [7, 11) is 0. The van der Waals surface area contributed by atoms with E-state index in [9.17, 15) is 9.59 Å². The fourth-order valence-electron chi connectivity index (χ4n) is 2.95. The lowest BCUT2D eigenvalue weighted by Gasteiger charge is -2.10. The minimum atomic E-state index is -0.290. The number of carbonyl (C=O) groups is 2. The molecule has 0 unspecified atom stereocenters. The summed E-state index contributed by atoms with van der Waals surface area (Å²) in [6.45, 7) is 4.69. The molecule has 3 aromatic rings. The van der Waals surface area contributed by atoms with Crippen molar-refractivity contribution in [2.24, 2.45) is 0 Å². The number of nitrogens with one attached hydrogen (secondary N) is 1. The highest BCUT2D eigenvalue weighted by atomic mass is 35.5. The van der Waals surface area contributed by atoms with Crippen molar-refractivity contribution < 1.29 is 9.59 Å². The van der Waals surface area contributed by atoms with Crippen molar-refractivity contribution >= 4 is 34.9 Å². The third-order valence-corrected chi connectivity index (χ3v) is 5.49. The second-order valence-corrected chi connectivity index (χ2v) is 7.50. The topological polar surface area (TPSA) is 64.0 Å². The highest BCUT2D eigenvalue weighted by Gasteiger charge is 2.18. The molecular weight excluding hydrogens is 409 g/mol. The fraction of sp³-hybridized carbons (Fsp3) is 0.227. The number of ketones is 1. The average Bonchev–Trinajstić information content (AvgIpc) is 2.97. The van der Waals surface area contributed by atoms with Crippen molar-refractivity contribution in [3.8, 4) is 0 Å². The van der Waals surface area contributed by atoms with Crippen molar-refractivity contribution in [1.82, 2.24) is 15.1 Å². The van der Waals surface area contributed by atoms with Gasteiger partial charge in [-0.1, -0.05) is 71.2 Å². The van der Waals surface area contributed by atoms with Gasteiger partial charge in [-0.3, -0.25) is 14.3 Å². The Morgan fingerprint density at radius 2 is 1.66 bits per heavy atom. The van der Waals surface area contributed by atoms with Gasteiger partial charge in [0.2, 0.25) is 0 Å². The molecule has 1 aromatic heterocycles. The predicted molar refractivity (Wildman–Crippen MR) is 115 cm³/mol. The quantitative estimate of drug-likeness (QED) is 0.430. The van der Waals surface area contributed by atoms with Gasteiger partial charge in [0.15, 0.2) is 5.78 Å². The molecule has 0 saturated heterocycles. The van der Waals surface area contributed by atoms with Gasteiger partial charge in [0.25, 0.3) is 5.91 Å². The van der Waals surface area contributed by atoms with Crippen LogP contribution in [0.15, 0.2) is 48.5 Å². The van der Waals surface area contributed by atoms with E-state index in [1.54, 1.807) is 48.0 Å². The molecule has 0 saturated carbocycles. The van der Waals surface area contributed by atoms with E-state index in [0.29, 0.717) is 52.1 Å². The van der Waals surface area contributed by atoms with Crippen LogP contribution in [-0.2, 0) is 6.54 Å². The lowest BCUT2D eigenvalue weighted by atomic mass is 9.97. The van der Waals surface area contributed by atoms with Gasteiger partial charge >= 0.3 is 0 Å². The van der Waals surface area contributed by atoms with Crippen LogP contribution in [0, 0.1) is 13.8 Å². The van der Waals surface area contributed by atoms with Gasteiger partial charge in [-0.25, -0.2) is 0 Å². The number of benzene rings is 2. The Hall–Kier alpha value is -2.63. The summed E-state index contributed by atoms with van der Waals surface area (Å²) >= 11 is 12.1. The molecule has 1 amide bonds. The summed E-state index contributed by atoms with van der Waals surface area (Å²) in [6.07, 6.45) is 0.622. The number of aryl methyl sites for hydroxylation is 3. The monoisotopic (exact) mass is 429 g/mol. The molecule has 0 aliphatic rings. The SMILES string of the molecule is Cc1ccc(C(=O)c2ccccc2C(=O)NCCCn2nc(C)c(Cl)c2Cl)cc1. The minimum absolute atomic E-state index is 0.177. The van der Waals surface area contributed by atoms with E-state index in [4.69, 9.17) is 23.2 Å². The maximum Gasteiger partial charge on any atom is 0.252 e. The number of rotatable bonds is 7. The van der Waals surface area contributed by atoms with E-state index in [1.807, 2.05) is 19.1 Å². The maximum atomic E-state index is 12.9. The second kappa shape index (κ2) is 9.25. The first-order valence-electron chi connectivity index (χ1n) is 9.25. The summed E-state index contributed by atoms with van der Waals surface area (Å²) in [5.41, 5.74) is 3.03. The van der Waals surface area contributed by atoms with E-state index >= 15 is 0 Å². The first-order chi connectivity index (χ1) is 13.9.